The number of nitrogens with one attached hydrogen (secondary N) is 1. The summed E-state index contributed by atoms with van der Waals surface area (Å²) >= 11 is 0. The maximum atomic E-state index is 14.3. The molecule has 40 heavy (non-hydrogen) atoms. The summed E-state index contributed by atoms with van der Waals surface area (Å²) in [6, 6.07) is 11.1. The number of carbonyl (C=O) groups is 1. The number of hydrogen-bond donors (Lipinski definition) is 2. The highest BCUT2D eigenvalue weighted by molar-refractivity contribution is 5.81. The zero-order chi connectivity index (χ0) is 28.2. The molecule has 1 aliphatic heterocycles. The lowest BCUT2D eigenvalue weighted by Gasteiger charge is -2.30. The van der Waals surface area contributed by atoms with Crippen molar-refractivity contribution < 1.29 is 31.5 Å². The molecule has 0 fully saturated rings. The topological polar surface area (TPSA) is 102 Å². The number of amides is 1. The van der Waals surface area contributed by atoms with Gasteiger partial charge >= 0.3 is 6.18 Å². The van der Waals surface area contributed by atoms with Crippen molar-refractivity contribution in [2.75, 3.05) is 13.2 Å². The van der Waals surface area contributed by atoms with Crippen LogP contribution in [0.3, 0.4) is 0 Å². The summed E-state index contributed by atoms with van der Waals surface area (Å²) in [4.78, 5) is 17.7. The molecule has 2 aromatic heterocycles. The van der Waals surface area contributed by atoms with Gasteiger partial charge in [-0.25, -0.2) is 8.78 Å². The molecule has 210 valence electrons. The van der Waals surface area contributed by atoms with Crippen LogP contribution in [0.5, 0.6) is 5.88 Å². The molecule has 0 saturated heterocycles. The minimum atomic E-state index is -4.64. The number of carbonyl (C=O) groups excluding carboxylic acids is 1. The van der Waals surface area contributed by atoms with Crippen molar-refractivity contribution in [3.8, 4) is 5.88 Å². The number of ether oxygens (including phenoxy) is 1. The molecule has 8 nitrogen and oxygen atoms in total. The molecule has 1 aliphatic carbocycles. The van der Waals surface area contributed by atoms with E-state index in [1.54, 1.807) is 0 Å². The van der Waals surface area contributed by atoms with E-state index >= 15 is 0 Å². The molecule has 6 rings (SSSR count). The Balaban J connectivity index is 1.15. The standard InChI is InChI=1S/C27H25F5N6O2/c28-19-9-16-15(13-40-24-8-14-3-1-2-4-22(14)34-24)7-18(17(16)10-20(19)29)21(33)11-25(39)37-5-6-38-23(12-37)35-36-26(38)27(30,31)32/h1-4,8-10,15,18,21,34H,5-7,11-13,33H2. The lowest BCUT2D eigenvalue weighted by molar-refractivity contribution is -0.148. The number of hydrogen-bond acceptors (Lipinski definition) is 5. The number of para-hydroxylation sites is 1. The highest BCUT2D eigenvalue weighted by Gasteiger charge is 2.41. The second-order valence-electron chi connectivity index (χ2n) is 10.2. The van der Waals surface area contributed by atoms with Crippen LogP contribution in [-0.4, -0.2) is 49.7 Å². The Morgan fingerprint density at radius 1 is 1.10 bits per heavy atom. The predicted octanol–water partition coefficient (Wildman–Crippen LogP) is 4.47. The molecule has 1 amide bonds. The maximum Gasteiger partial charge on any atom is 0.451 e. The lowest BCUT2D eigenvalue weighted by Crippen LogP contribution is -2.42. The predicted molar refractivity (Wildman–Crippen MR) is 133 cm³/mol. The first-order valence-corrected chi connectivity index (χ1v) is 12.8. The number of alkyl halides is 3. The van der Waals surface area contributed by atoms with Crippen LogP contribution >= 0.6 is 0 Å². The second kappa shape index (κ2) is 9.88. The van der Waals surface area contributed by atoms with Gasteiger partial charge in [-0.15, -0.1) is 10.2 Å². The molecule has 2 aromatic carbocycles. The van der Waals surface area contributed by atoms with Gasteiger partial charge in [0, 0.05) is 54.4 Å². The lowest BCUT2D eigenvalue weighted by atomic mass is 9.90. The van der Waals surface area contributed by atoms with Crippen LogP contribution in [0, 0.1) is 11.6 Å². The number of H-pyrrole nitrogens is 1. The largest absolute Gasteiger partial charge is 0.478 e. The maximum absolute atomic E-state index is 14.3. The highest BCUT2D eigenvalue weighted by Crippen LogP contribution is 2.45. The number of nitrogens with two attached hydrogens (primary N) is 1. The molecule has 0 radical (unpaired) electrons. The number of nitrogens with zero attached hydrogens (tertiary/aromatic N) is 4. The summed E-state index contributed by atoms with van der Waals surface area (Å²) in [6.45, 7) is 0.00583. The van der Waals surface area contributed by atoms with Crippen molar-refractivity contribution in [2.45, 2.75) is 50.0 Å². The average molecular weight is 561 g/mol. The third-order valence-corrected chi connectivity index (χ3v) is 7.74. The van der Waals surface area contributed by atoms with E-state index in [1.807, 2.05) is 30.3 Å². The van der Waals surface area contributed by atoms with Gasteiger partial charge in [0.1, 0.15) is 0 Å². The van der Waals surface area contributed by atoms with Crippen LogP contribution in [-0.2, 0) is 24.1 Å². The molecule has 4 aromatic rings. The Morgan fingerprint density at radius 2 is 1.85 bits per heavy atom. The first kappa shape index (κ1) is 26.2. The van der Waals surface area contributed by atoms with E-state index in [9.17, 15) is 26.7 Å². The summed E-state index contributed by atoms with van der Waals surface area (Å²) < 4.78 is 74.8. The average Bonchev–Trinajstić information content (AvgIpc) is 3.62. The van der Waals surface area contributed by atoms with Crippen LogP contribution in [0.1, 0.15) is 47.5 Å². The van der Waals surface area contributed by atoms with E-state index in [-0.39, 0.29) is 50.3 Å². The normalized spacial score (nSPS) is 19.5. The van der Waals surface area contributed by atoms with Gasteiger partial charge in [-0.1, -0.05) is 18.2 Å². The van der Waals surface area contributed by atoms with E-state index < -0.39 is 35.6 Å². The first-order valence-electron chi connectivity index (χ1n) is 12.8. The molecule has 3 N–H and O–H groups in total. The smallest absolute Gasteiger partial charge is 0.451 e. The van der Waals surface area contributed by atoms with Gasteiger partial charge in [0.2, 0.25) is 11.7 Å². The quantitative estimate of drug-likeness (QED) is 0.339. The van der Waals surface area contributed by atoms with Gasteiger partial charge in [0.15, 0.2) is 23.3 Å². The summed E-state index contributed by atoms with van der Waals surface area (Å²) in [6.07, 6.45) is -4.35. The molecule has 2 aliphatic rings. The minimum absolute atomic E-state index is 0.0402. The third-order valence-electron chi connectivity index (χ3n) is 7.74. The van der Waals surface area contributed by atoms with Crippen molar-refractivity contribution in [1.29, 1.82) is 0 Å². The molecule has 3 heterocycles. The van der Waals surface area contributed by atoms with Gasteiger partial charge in [-0.2, -0.15) is 13.2 Å². The Labute approximate surface area is 224 Å². The summed E-state index contributed by atoms with van der Waals surface area (Å²) in [7, 11) is 0. The Bertz CT molecular complexity index is 1550. The van der Waals surface area contributed by atoms with E-state index in [2.05, 4.69) is 15.2 Å². The first-order chi connectivity index (χ1) is 19.1. The number of rotatable bonds is 6. The fourth-order valence-electron chi connectivity index (χ4n) is 5.74. The van der Waals surface area contributed by atoms with E-state index in [0.717, 1.165) is 27.6 Å². The Morgan fingerprint density at radius 3 is 2.60 bits per heavy atom. The van der Waals surface area contributed by atoms with Crippen molar-refractivity contribution in [3.05, 3.63) is 76.9 Å². The summed E-state index contributed by atoms with van der Waals surface area (Å²) in [5, 5.41) is 7.81. The molecule has 0 spiro atoms. The molecule has 3 atom stereocenters. The highest BCUT2D eigenvalue weighted by atomic mass is 19.4. The zero-order valence-electron chi connectivity index (χ0n) is 21.1. The number of fused-ring (bicyclic) bond motifs is 3. The van der Waals surface area contributed by atoms with Gasteiger partial charge < -0.3 is 24.9 Å². The molecular formula is C27H25F5N6O2. The Kier molecular flexibility index (Phi) is 6.48. The van der Waals surface area contributed by atoms with E-state index in [4.69, 9.17) is 10.5 Å². The van der Waals surface area contributed by atoms with E-state index in [0.29, 0.717) is 23.4 Å². The molecule has 13 heteroatoms. The molecule has 3 unspecified atom stereocenters. The monoisotopic (exact) mass is 560 g/mol. The molecule has 0 bridgehead atoms. The molecular weight excluding hydrogens is 535 g/mol. The zero-order valence-corrected chi connectivity index (χ0v) is 21.1. The number of aromatic amines is 1. The Hall–Kier alpha value is -4.00. The fraction of sp³-hybridized carbons (Fsp3) is 0.370. The number of aromatic nitrogens is 4. The van der Waals surface area contributed by atoms with E-state index in [1.165, 1.54) is 4.90 Å². The van der Waals surface area contributed by atoms with Crippen LogP contribution in [0.15, 0.2) is 42.5 Å². The van der Waals surface area contributed by atoms with Gasteiger partial charge in [0.05, 0.1) is 13.2 Å². The minimum Gasteiger partial charge on any atom is -0.478 e. The summed E-state index contributed by atoms with van der Waals surface area (Å²) in [5.41, 5.74) is 8.48. The molecule has 0 saturated carbocycles. The van der Waals surface area contributed by atoms with Crippen LogP contribution in [0.25, 0.3) is 10.9 Å². The van der Waals surface area contributed by atoms with Gasteiger partial charge in [-0.05, 0) is 35.7 Å². The number of benzene rings is 2. The van der Waals surface area contributed by atoms with Crippen molar-refractivity contribution in [3.63, 3.8) is 0 Å². The van der Waals surface area contributed by atoms with Crippen molar-refractivity contribution in [2.24, 2.45) is 5.73 Å². The SMILES string of the molecule is NC(CC(=O)N1CCn2c(nnc2C(F)(F)F)C1)C1CC(COc2cc3ccccc3[nH]2)c2cc(F)c(F)cc21. The summed E-state index contributed by atoms with van der Waals surface area (Å²) in [5.74, 6) is -3.60. The van der Waals surface area contributed by atoms with Crippen molar-refractivity contribution in [1.82, 2.24) is 24.6 Å². The third kappa shape index (κ3) is 4.78. The van der Waals surface area contributed by atoms with Crippen molar-refractivity contribution >= 4 is 16.8 Å². The number of halogens is 5. The van der Waals surface area contributed by atoms with Crippen LogP contribution < -0.4 is 10.5 Å². The fourth-order valence-corrected chi connectivity index (χ4v) is 5.74. The van der Waals surface area contributed by atoms with Gasteiger partial charge in [-0.3, -0.25) is 4.79 Å². The van der Waals surface area contributed by atoms with Gasteiger partial charge in [0.25, 0.3) is 0 Å². The second-order valence-corrected chi connectivity index (χ2v) is 10.2. The van der Waals surface area contributed by atoms with Crippen LogP contribution in [0.4, 0.5) is 22.0 Å². The van der Waals surface area contributed by atoms with Crippen LogP contribution in [0.2, 0.25) is 0 Å².